The van der Waals surface area contributed by atoms with E-state index in [1.807, 2.05) is 26.8 Å². The van der Waals surface area contributed by atoms with Crippen LogP contribution in [0, 0.1) is 25.7 Å². The van der Waals surface area contributed by atoms with Crippen LogP contribution in [0.2, 0.25) is 0 Å². The molecule has 1 heterocycles. The lowest BCUT2D eigenvalue weighted by Gasteiger charge is -2.03. The number of fused-ring (bicyclic) bond motifs is 1. The molecule has 2 aromatic rings. The van der Waals surface area contributed by atoms with Gasteiger partial charge in [0.25, 0.3) is 0 Å². The molecule has 1 aromatic heterocycles. The SMILES string of the molecule is Cc1cc(C)c2oc(N=O)c(O)c2c1C. The lowest BCUT2D eigenvalue weighted by atomic mass is 10.0. The van der Waals surface area contributed by atoms with Crippen molar-refractivity contribution >= 4 is 16.9 Å². The Balaban J connectivity index is 3.00. The molecule has 1 aromatic carbocycles. The molecule has 0 atom stereocenters. The zero-order valence-electron chi connectivity index (χ0n) is 8.79. The summed E-state index contributed by atoms with van der Waals surface area (Å²) in [5.41, 5.74) is 3.38. The molecule has 15 heavy (non-hydrogen) atoms. The zero-order valence-corrected chi connectivity index (χ0v) is 8.79. The van der Waals surface area contributed by atoms with Gasteiger partial charge in [-0.15, -0.1) is 4.91 Å². The predicted octanol–water partition coefficient (Wildman–Crippen LogP) is 3.46. The fourth-order valence-corrected chi connectivity index (χ4v) is 1.79. The van der Waals surface area contributed by atoms with Crippen LogP contribution < -0.4 is 0 Å². The number of aryl methyl sites for hydroxylation is 3. The minimum atomic E-state index is -0.248. The van der Waals surface area contributed by atoms with Gasteiger partial charge in [-0.3, -0.25) is 0 Å². The van der Waals surface area contributed by atoms with Gasteiger partial charge in [-0.2, -0.15) is 0 Å². The van der Waals surface area contributed by atoms with Crippen LogP contribution in [0.1, 0.15) is 16.7 Å². The third-order valence-electron chi connectivity index (χ3n) is 2.71. The van der Waals surface area contributed by atoms with Crippen LogP contribution in [0.5, 0.6) is 5.75 Å². The molecule has 0 aliphatic rings. The highest BCUT2D eigenvalue weighted by molar-refractivity contribution is 5.94. The molecule has 0 spiro atoms. The molecule has 4 nitrogen and oxygen atoms in total. The first-order chi connectivity index (χ1) is 7.06. The maximum atomic E-state index is 10.4. The summed E-state index contributed by atoms with van der Waals surface area (Å²) in [5, 5.41) is 13.0. The number of nitrogens with zero attached hydrogens (tertiary/aromatic N) is 1. The Morgan fingerprint density at radius 1 is 1.27 bits per heavy atom. The second-order valence-corrected chi connectivity index (χ2v) is 3.69. The first-order valence-electron chi connectivity index (χ1n) is 4.62. The molecule has 0 aliphatic carbocycles. The van der Waals surface area contributed by atoms with Crippen LogP contribution in [0.25, 0.3) is 11.0 Å². The third kappa shape index (κ3) is 1.21. The number of hydrogen-bond acceptors (Lipinski definition) is 4. The largest absolute Gasteiger partial charge is 0.502 e. The highest BCUT2D eigenvalue weighted by atomic mass is 16.4. The topological polar surface area (TPSA) is 62.8 Å². The van der Waals surface area contributed by atoms with Gasteiger partial charge >= 0.3 is 5.88 Å². The second kappa shape index (κ2) is 3.08. The Morgan fingerprint density at radius 2 is 1.93 bits per heavy atom. The summed E-state index contributed by atoms with van der Waals surface area (Å²) in [6.45, 7) is 5.69. The first kappa shape index (κ1) is 9.71. The van der Waals surface area contributed by atoms with E-state index >= 15 is 0 Å². The van der Waals surface area contributed by atoms with E-state index in [1.54, 1.807) is 0 Å². The highest BCUT2D eigenvalue weighted by Crippen LogP contribution is 2.41. The summed E-state index contributed by atoms with van der Waals surface area (Å²) < 4.78 is 5.19. The smallest absolute Gasteiger partial charge is 0.304 e. The van der Waals surface area contributed by atoms with E-state index in [-0.39, 0.29) is 11.6 Å². The number of rotatable bonds is 1. The molecule has 2 rings (SSSR count). The second-order valence-electron chi connectivity index (χ2n) is 3.69. The fraction of sp³-hybridized carbons (Fsp3) is 0.273. The van der Waals surface area contributed by atoms with Gasteiger partial charge in [0, 0.05) is 5.18 Å². The van der Waals surface area contributed by atoms with Crippen LogP contribution in [0.15, 0.2) is 15.7 Å². The summed E-state index contributed by atoms with van der Waals surface area (Å²) >= 11 is 0. The van der Waals surface area contributed by atoms with Crippen molar-refractivity contribution in [1.82, 2.24) is 0 Å². The molecule has 0 saturated heterocycles. The number of hydrogen-bond donors (Lipinski definition) is 1. The van der Waals surface area contributed by atoms with Gasteiger partial charge in [0.15, 0.2) is 5.75 Å². The predicted molar refractivity (Wildman–Crippen MR) is 57.5 cm³/mol. The van der Waals surface area contributed by atoms with Crippen LogP contribution in [-0.4, -0.2) is 5.11 Å². The fourth-order valence-electron chi connectivity index (χ4n) is 1.79. The Bertz CT molecular complexity index is 555. The van der Waals surface area contributed by atoms with E-state index in [2.05, 4.69) is 5.18 Å². The summed E-state index contributed by atoms with van der Waals surface area (Å²) in [6.07, 6.45) is 0. The molecule has 0 radical (unpaired) electrons. The Hall–Kier alpha value is -1.84. The first-order valence-corrected chi connectivity index (χ1v) is 4.62. The van der Waals surface area contributed by atoms with Crippen molar-refractivity contribution in [2.75, 3.05) is 0 Å². The van der Waals surface area contributed by atoms with Gasteiger partial charge in [0.1, 0.15) is 5.58 Å². The summed E-state index contributed by atoms with van der Waals surface area (Å²) in [5.74, 6) is -0.411. The standard InChI is InChI=1S/C11H11NO3/c1-5-4-6(2)10-8(7(5)3)9(13)11(12-14)15-10/h4,13H,1-3H3. The van der Waals surface area contributed by atoms with Crippen LogP contribution in [0.3, 0.4) is 0 Å². The molecule has 0 unspecified atom stereocenters. The van der Waals surface area contributed by atoms with E-state index in [0.29, 0.717) is 11.0 Å². The van der Waals surface area contributed by atoms with Crippen molar-refractivity contribution in [1.29, 1.82) is 0 Å². The molecule has 0 fully saturated rings. The lowest BCUT2D eigenvalue weighted by Crippen LogP contribution is -1.84. The molecular weight excluding hydrogens is 194 g/mol. The van der Waals surface area contributed by atoms with Crippen molar-refractivity contribution in [3.05, 3.63) is 27.7 Å². The molecule has 4 heteroatoms. The highest BCUT2D eigenvalue weighted by Gasteiger charge is 2.18. The molecule has 78 valence electrons. The average Bonchev–Trinajstić information content (AvgIpc) is 2.53. The average molecular weight is 205 g/mol. The van der Waals surface area contributed by atoms with Crippen molar-refractivity contribution in [2.24, 2.45) is 5.18 Å². The summed E-state index contributed by atoms with van der Waals surface area (Å²) in [4.78, 5) is 10.4. The molecule has 0 aliphatic heterocycles. The van der Waals surface area contributed by atoms with Gasteiger partial charge in [0.2, 0.25) is 0 Å². The Labute approximate surface area is 86.5 Å². The van der Waals surface area contributed by atoms with Crippen molar-refractivity contribution in [3.63, 3.8) is 0 Å². The van der Waals surface area contributed by atoms with Crippen LogP contribution in [0.4, 0.5) is 5.88 Å². The molecular formula is C11H11NO3. The lowest BCUT2D eigenvalue weighted by molar-refractivity contribution is 0.468. The van der Waals surface area contributed by atoms with Gasteiger partial charge in [-0.25, -0.2) is 0 Å². The number of furan rings is 1. The zero-order chi connectivity index (χ0) is 11.2. The van der Waals surface area contributed by atoms with Crippen molar-refractivity contribution in [2.45, 2.75) is 20.8 Å². The number of nitroso groups, excluding NO2 is 1. The Kier molecular flexibility index (Phi) is 2.00. The van der Waals surface area contributed by atoms with Gasteiger partial charge in [-0.05, 0) is 37.5 Å². The molecule has 0 amide bonds. The van der Waals surface area contributed by atoms with E-state index in [1.165, 1.54) is 0 Å². The van der Waals surface area contributed by atoms with Crippen LogP contribution in [-0.2, 0) is 0 Å². The van der Waals surface area contributed by atoms with Crippen molar-refractivity contribution < 1.29 is 9.52 Å². The number of benzene rings is 1. The quantitative estimate of drug-likeness (QED) is 0.725. The van der Waals surface area contributed by atoms with Gasteiger partial charge in [-0.1, -0.05) is 6.07 Å². The summed E-state index contributed by atoms with van der Waals surface area (Å²) in [6, 6.07) is 1.95. The van der Waals surface area contributed by atoms with Crippen molar-refractivity contribution in [3.8, 4) is 5.75 Å². The summed E-state index contributed by atoms with van der Waals surface area (Å²) in [7, 11) is 0. The maximum Gasteiger partial charge on any atom is 0.304 e. The van der Waals surface area contributed by atoms with E-state index in [0.717, 1.165) is 16.7 Å². The molecule has 0 saturated carbocycles. The molecule has 0 bridgehead atoms. The third-order valence-corrected chi connectivity index (χ3v) is 2.71. The van der Waals surface area contributed by atoms with E-state index in [9.17, 15) is 10.0 Å². The van der Waals surface area contributed by atoms with Crippen LogP contribution >= 0.6 is 0 Å². The minimum Gasteiger partial charge on any atom is -0.502 e. The van der Waals surface area contributed by atoms with Gasteiger partial charge < -0.3 is 9.52 Å². The monoisotopic (exact) mass is 205 g/mol. The minimum absolute atomic E-state index is 0.163. The van der Waals surface area contributed by atoms with Gasteiger partial charge in [0.05, 0.1) is 5.39 Å². The van der Waals surface area contributed by atoms with E-state index in [4.69, 9.17) is 4.42 Å². The Morgan fingerprint density at radius 3 is 2.53 bits per heavy atom. The number of aromatic hydroxyl groups is 1. The normalized spacial score (nSPS) is 10.9. The molecule has 1 N–H and O–H groups in total. The maximum absolute atomic E-state index is 10.4. The van der Waals surface area contributed by atoms with E-state index < -0.39 is 0 Å².